The predicted octanol–water partition coefficient (Wildman–Crippen LogP) is 2.37. The van der Waals surface area contributed by atoms with Gasteiger partial charge < -0.3 is 9.84 Å². The summed E-state index contributed by atoms with van der Waals surface area (Å²) in [6.07, 6.45) is 4.35. The SMILES string of the molecule is Cc1ccc(F)c(OC2(C(=O)O)CCN(Cc3cnn(C)c3)CC2)c1. The second-order valence-electron chi connectivity index (χ2n) is 6.63. The van der Waals surface area contributed by atoms with Crippen LogP contribution in [0.3, 0.4) is 0 Å². The van der Waals surface area contributed by atoms with E-state index in [1.165, 1.54) is 6.07 Å². The van der Waals surface area contributed by atoms with Crippen molar-refractivity contribution >= 4 is 5.97 Å². The Hall–Kier alpha value is -2.41. The van der Waals surface area contributed by atoms with Gasteiger partial charge in [0.2, 0.25) is 5.60 Å². The highest BCUT2D eigenvalue weighted by Gasteiger charge is 2.44. The van der Waals surface area contributed by atoms with E-state index in [0.717, 1.165) is 11.1 Å². The molecule has 1 aliphatic heterocycles. The van der Waals surface area contributed by atoms with E-state index in [1.54, 1.807) is 23.0 Å². The number of nitrogens with zero attached hydrogens (tertiary/aromatic N) is 3. The van der Waals surface area contributed by atoms with Crippen LogP contribution in [0.1, 0.15) is 24.0 Å². The molecular formula is C18H22FN3O3. The van der Waals surface area contributed by atoms with Crippen LogP contribution in [0, 0.1) is 12.7 Å². The topological polar surface area (TPSA) is 67.6 Å². The maximum Gasteiger partial charge on any atom is 0.348 e. The largest absolute Gasteiger partial charge is 0.478 e. The molecule has 1 saturated heterocycles. The number of aryl methyl sites for hydroxylation is 2. The minimum Gasteiger partial charge on any atom is -0.478 e. The lowest BCUT2D eigenvalue weighted by Crippen LogP contribution is -2.53. The molecule has 1 aromatic heterocycles. The summed E-state index contributed by atoms with van der Waals surface area (Å²) in [4.78, 5) is 14.0. The number of carboxylic acid groups (broad SMARTS) is 1. The van der Waals surface area contributed by atoms with Crippen LogP contribution in [-0.2, 0) is 18.4 Å². The smallest absolute Gasteiger partial charge is 0.348 e. The van der Waals surface area contributed by atoms with Crippen LogP contribution in [0.4, 0.5) is 4.39 Å². The number of hydrogen-bond donors (Lipinski definition) is 1. The van der Waals surface area contributed by atoms with Crippen LogP contribution in [0.25, 0.3) is 0 Å². The molecule has 1 N–H and O–H groups in total. The van der Waals surface area contributed by atoms with E-state index in [2.05, 4.69) is 10.00 Å². The summed E-state index contributed by atoms with van der Waals surface area (Å²) in [5, 5.41) is 13.9. The van der Waals surface area contributed by atoms with E-state index >= 15 is 0 Å². The third-order valence-electron chi connectivity index (χ3n) is 4.61. The van der Waals surface area contributed by atoms with Gasteiger partial charge in [-0.05, 0) is 24.6 Å². The first-order valence-corrected chi connectivity index (χ1v) is 8.26. The average molecular weight is 347 g/mol. The zero-order valence-electron chi connectivity index (χ0n) is 14.4. The predicted molar refractivity (Wildman–Crippen MR) is 89.9 cm³/mol. The molecule has 3 rings (SSSR count). The molecule has 134 valence electrons. The molecular weight excluding hydrogens is 325 g/mol. The number of carboxylic acids is 1. The quantitative estimate of drug-likeness (QED) is 0.899. The summed E-state index contributed by atoms with van der Waals surface area (Å²) in [6.45, 7) is 3.65. The van der Waals surface area contributed by atoms with Gasteiger partial charge in [-0.15, -0.1) is 0 Å². The molecule has 0 saturated carbocycles. The number of piperidine rings is 1. The van der Waals surface area contributed by atoms with Gasteiger partial charge in [-0.3, -0.25) is 9.58 Å². The van der Waals surface area contributed by atoms with Crippen molar-refractivity contribution in [2.45, 2.75) is 31.9 Å². The van der Waals surface area contributed by atoms with Gasteiger partial charge in [0.1, 0.15) is 0 Å². The summed E-state index contributed by atoms with van der Waals surface area (Å²) >= 11 is 0. The Morgan fingerprint density at radius 3 is 2.72 bits per heavy atom. The summed E-state index contributed by atoms with van der Waals surface area (Å²) in [7, 11) is 1.86. The molecule has 7 heteroatoms. The van der Waals surface area contributed by atoms with Crippen molar-refractivity contribution in [2.75, 3.05) is 13.1 Å². The van der Waals surface area contributed by atoms with Crippen molar-refractivity contribution < 1.29 is 19.0 Å². The average Bonchev–Trinajstić information content (AvgIpc) is 2.98. The third-order valence-corrected chi connectivity index (χ3v) is 4.61. The molecule has 0 spiro atoms. The highest BCUT2D eigenvalue weighted by Crippen LogP contribution is 2.31. The van der Waals surface area contributed by atoms with E-state index < -0.39 is 17.4 Å². The van der Waals surface area contributed by atoms with E-state index in [4.69, 9.17) is 4.74 Å². The number of aliphatic carboxylic acids is 1. The number of aromatic nitrogens is 2. The van der Waals surface area contributed by atoms with E-state index in [0.29, 0.717) is 32.5 Å². The normalized spacial score (nSPS) is 17.4. The molecule has 0 bridgehead atoms. The highest BCUT2D eigenvalue weighted by molar-refractivity contribution is 5.78. The van der Waals surface area contributed by atoms with Gasteiger partial charge in [-0.25, -0.2) is 9.18 Å². The summed E-state index contributed by atoms with van der Waals surface area (Å²) in [5.74, 6) is -1.58. The fourth-order valence-electron chi connectivity index (χ4n) is 3.14. The van der Waals surface area contributed by atoms with Crippen molar-refractivity contribution in [1.29, 1.82) is 0 Å². The molecule has 1 aromatic carbocycles. The van der Waals surface area contributed by atoms with Crippen LogP contribution in [0.2, 0.25) is 0 Å². The standard InChI is InChI=1S/C18H22FN3O3/c1-13-3-4-15(19)16(9-13)25-18(17(23)24)5-7-22(8-6-18)12-14-10-20-21(2)11-14/h3-4,9-11H,5-8,12H2,1-2H3,(H,23,24). The maximum absolute atomic E-state index is 14.0. The fourth-order valence-corrected chi connectivity index (χ4v) is 3.14. The third kappa shape index (κ3) is 3.82. The van der Waals surface area contributed by atoms with Crippen molar-refractivity contribution in [1.82, 2.24) is 14.7 Å². The zero-order valence-corrected chi connectivity index (χ0v) is 14.4. The molecule has 0 unspecified atom stereocenters. The second kappa shape index (κ2) is 6.84. The van der Waals surface area contributed by atoms with Gasteiger partial charge in [-0.1, -0.05) is 6.07 Å². The van der Waals surface area contributed by atoms with Crippen molar-refractivity contribution in [3.05, 3.63) is 47.5 Å². The molecule has 2 heterocycles. The van der Waals surface area contributed by atoms with Gasteiger partial charge in [0.25, 0.3) is 0 Å². The monoisotopic (exact) mass is 347 g/mol. The minimum absolute atomic E-state index is 0.00288. The first-order valence-electron chi connectivity index (χ1n) is 8.26. The number of likely N-dealkylation sites (tertiary alicyclic amines) is 1. The number of hydrogen-bond acceptors (Lipinski definition) is 4. The van der Waals surface area contributed by atoms with Gasteiger partial charge in [0.15, 0.2) is 11.6 Å². The summed E-state index contributed by atoms with van der Waals surface area (Å²) in [5.41, 5.74) is 0.516. The number of rotatable bonds is 5. The molecule has 2 aromatic rings. The summed E-state index contributed by atoms with van der Waals surface area (Å²) < 4.78 is 21.4. The second-order valence-corrected chi connectivity index (χ2v) is 6.63. The van der Waals surface area contributed by atoms with Crippen LogP contribution in [0.5, 0.6) is 5.75 Å². The number of ether oxygens (including phenoxy) is 1. The summed E-state index contributed by atoms with van der Waals surface area (Å²) in [6, 6.07) is 4.48. The molecule has 1 aliphatic rings. The van der Waals surface area contributed by atoms with Gasteiger partial charge in [-0.2, -0.15) is 5.10 Å². The van der Waals surface area contributed by atoms with Crippen LogP contribution in [0.15, 0.2) is 30.6 Å². The molecule has 0 atom stereocenters. The first kappa shape index (κ1) is 17.4. The first-order chi connectivity index (χ1) is 11.9. The Morgan fingerprint density at radius 1 is 1.40 bits per heavy atom. The maximum atomic E-state index is 14.0. The lowest BCUT2D eigenvalue weighted by Gasteiger charge is -2.38. The molecule has 0 amide bonds. The fraction of sp³-hybridized carbons (Fsp3) is 0.444. The van der Waals surface area contributed by atoms with Crippen molar-refractivity contribution in [3.63, 3.8) is 0 Å². The van der Waals surface area contributed by atoms with Crippen molar-refractivity contribution in [3.8, 4) is 5.75 Å². The van der Waals surface area contributed by atoms with Crippen LogP contribution >= 0.6 is 0 Å². The Bertz CT molecular complexity index is 767. The van der Waals surface area contributed by atoms with Gasteiger partial charge in [0, 0.05) is 51.3 Å². The van der Waals surface area contributed by atoms with E-state index in [9.17, 15) is 14.3 Å². The lowest BCUT2D eigenvalue weighted by atomic mass is 9.90. The Balaban J connectivity index is 1.70. The highest BCUT2D eigenvalue weighted by atomic mass is 19.1. The van der Waals surface area contributed by atoms with E-state index in [1.807, 2.05) is 20.2 Å². The minimum atomic E-state index is -1.39. The van der Waals surface area contributed by atoms with Gasteiger partial charge in [0.05, 0.1) is 6.20 Å². The molecule has 1 fully saturated rings. The number of benzene rings is 1. The molecule has 25 heavy (non-hydrogen) atoms. The molecule has 6 nitrogen and oxygen atoms in total. The van der Waals surface area contributed by atoms with Crippen LogP contribution < -0.4 is 4.74 Å². The number of carbonyl (C=O) groups is 1. The van der Waals surface area contributed by atoms with E-state index in [-0.39, 0.29) is 5.75 Å². The lowest BCUT2D eigenvalue weighted by molar-refractivity contribution is -0.160. The Labute approximate surface area is 145 Å². The van der Waals surface area contributed by atoms with Gasteiger partial charge >= 0.3 is 5.97 Å². The van der Waals surface area contributed by atoms with Crippen molar-refractivity contribution in [2.24, 2.45) is 7.05 Å². The molecule has 0 radical (unpaired) electrons. The zero-order chi connectivity index (χ0) is 18.0. The Kier molecular flexibility index (Phi) is 4.76. The molecule has 0 aliphatic carbocycles. The van der Waals surface area contributed by atoms with Crippen LogP contribution in [-0.4, -0.2) is 44.4 Å². The Morgan fingerprint density at radius 2 is 2.12 bits per heavy atom. The number of halogens is 1.